The van der Waals surface area contributed by atoms with E-state index in [1.807, 2.05) is 0 Å². The molecule has 0 heterocycles. The second kappa shape index (κ2) is 5.85. The molecule has 0 fully saturated rings. The van der Waals surface area contributed by atoms with Crippen molar-refractivity contribution in [3.05, 3.63) is 65.0 Å². The molecule has 19 heavy (non-hydrogen) atoms. The van der Waals surface area contributed by atoms with E-state index in [0.717, 1.165) is 11.6 Å². The summed E-state index contributed by atoms with van der Waals surface area (Å²) in [6, 6.07) is 12.6. The van der Waals surface area contributed by atoms with Gasteiger partial charge in [0, 0.05) is 18.7 Å². The van der Waals surface area contributed by atoms with E-state index in [9.17, 15) is 9.50 Å². The fraction of sp³-hybridized carbons (Fsp3) is 0.250. The van der Waals surface area contributed by atoms with Gasteiger partial charge in [0.05, 0.1) is 0 Å². The van der Waals surface area contributed by atoms with Crippen molar-refractivity contribution in [2.45, 2.75) is 26.4 Å². The van der Waals surface area contributed by atoms with Crippen molar-refractivity contribution in [2.24, 2.45) is 0 Å². The summed E-state index contributed by atoms with van der Waals surface area (Å²) in [4.78, 5) is 0. The second-order valence-electron chi connectivity index (χ2n) is 4.83. The highest BCUT2D eigenvalue weighted by atomic mass is 19.1. The predicted molar refractivity (Wildman–Crippen MR) is 74.5 cm³/mol. The molecule has 0 saturated carbocycles. The number of nitrogens with one attached hydrogen (secondary N) is 1. The Bertz CT molecular complexity index is 531. The second-order valence-corrected chi connectivity index (χ2v) is 4.83. The minimum Gasteiger partial charge on any atom is -0.508 e. The SMILES string of the molecule is Cc1ccc(C(C)NCc2cc(O)cc(F)c2)cc1. The molecule has 0 aromatic heterocycles. The molecule has 2 rings (SSSR count). The normalized spacial score (nSPS) is 12.4. The number of benzene rings is 2. The Morgan fingerprint density at radius 2 is 1.84 bits per heavy atom. The van der Waals surface area contributed by atoms with Crippen LogP contribution in [0, 0.1) is 12.7 Å². The van der Waals surface area contributed by atoms with E-state index in [1.54, 1.807) is 6.07 Å². The molecule has 0 radical (unpaired) electrons. The van der Waals surface area contributed by atoms with Crippen LogP contribution in [0.25, 0.3) is 0 Å². The number of aryl methyl sites for hydroxylation is 1. The van der Waals surface area contributed by atoms with E-state index >= 15 is 0 Å². The first-order valence-corrected chi connectivity index (χ1v) is 6.33. The number of hydrogen-bond donors (Lipinski definition) is 2. The third-order valence-corrected chi connectivity index (χ3v) is 3.13. The first-order valence-electron chi connectivity index (χ1n) is 6.33. The molecular formula is C16H18FNO. The Hall–Kier alpha value is -1.87. The molecule has 1 atom stereocenters. The Balaban J connectivity index is 1.99. The quantitative estimate of drug-likeness (QED) is 0.877. The number of phenolic OH excluding ortho intramolecular Hbond substituents is 1. The van der Waals surface area contributed by atoms with Gasteiger partial charge in [0.15, 0.2) is 0 Å². The Morgan fingerprint density at radius 1 is 1.16 bits per heavy atom. The lowest BCUT2D eigenvalue weighted by molar-refractivity contribution is 0.466. The smallest absolute Gasteiger partial charge is 0.127 e. The van der Waals surface area contributed by atoms with E-state index in [1.165, 1.54) is 17.2 Å². The summed E-state index contributed by atoms with van der Waals surface area (Å²) < 4.78 is 13.1. The van der Waals surface area contributed by atoms with Gasteiger partial charge >= 0.3 is 0 Å². The van der Waals surface area contributed by atoms with Crippen LogP contribution in [-0.2, 0) is 6.54 Å². The lowest BCUT2D eigenvalue weighted by Gasteiger charge is -2.14. The van der Waals surface area contributed by atoms with Gasteiger partial charge in [0.25, 0.3) is 0 Å². The summed E-state index contributed by atoms with van der Waals surface area (Å²) >= 11 is 0. The number of hydrogen-bond acceptors (Lipinski definition) is 2. The highest BCUT2D eigenvalue weighted by Gasteiger charge is 2.05. The molecule has 0 aliphatic heterocycles. The zero-order chi connectivity index (χ0) is 13.8. The Kier molecular flexibility index (Phi) is 4.17. The maximum Gasteiger partial charge on any atom is 0.127 e. The van der Waals surface area contributed by atoms with Crippen LogP contribution in [0.1, 0.15) is 29.7 Å². The van der Waals surface area contributed by atoms with Gasteiger partial charge in [-0.25, -0.2) is 4.39 Å². The zero-order valence-electron chi connectivity index (χ0n) is 11.2. The molecule has 3 heteroatoms. The fourth-order valence-electron chi connectivity index (χ4n) is 1.98. The standard InChI is InChI=1S/C16H18FNO/c1-11-3-5-14(6-4-11)12(2)18-10-13-7-15(17)9-16(19)8-13/h3-9,12,18-19H,10H2,1-2H3. The highest BCUT2D eigenvalue weighted by molar-refractivity contribution is 5.29. The van der Waals surface area contributed by atoms with Crippen LogP contribution in [0.4, 0.5) is 4.39 Å². The molecule has 0 bridgehead atoms. The summed E-state index contributed by atoms with van der Waals surface area (Å²) in [5.41, 5.74) is 3.15. The summed E-state index contributed by atoms with van der Waals surface area (Å²) in [5.74, 6) is -0.459. The van der Waals surface area contributed by atoms with Crippen LogP contribution in [0.3, 0.4) is 0 Å². The van der Waals surface area contributed by atoms with Crippen LogP contribution in [0.5, 0.6) is 5.75 Å². The molecule has 2 N–H and O–H groups in total. The van der Waals surface area contributed by atoms with Gasteiger partial charge in [-0.3, -0.25) is 0 Å². The largest absolute Gasteiger partial charge is 0.508 e. The van der Waals surface area contributed by atoms with Crippen molar-refractivity contribution >= 4 is 0 Å². The third-order valence-electron chi connectivity index (χ3n) is 3.13. The number of rotatable bonds is 4. The van der Waals surface area contributed by atoms with Crippen molar-refractivity contribution in [1.82, 2.24) is 5.32 Å². The lowest BCUT2D eigenvalue weighted by atomic mass is 10.1. The maximum atomic E-state index is 13.1. The van der Waals surface area contributed by atoms with Gasteiger partial charge in [0.2, 0.25) is 0 Å². The summed E-state index contributed by atoms with van der Waals surface area (Å²) in [5, 5.41) is 12.7. The fourth-order valence-corrected chi connectivity index (χ4v) is 1.98. The van der Waals surface area contributed by atoms with Crippen LogP contribution >= 0.6 is 0 Å². The molecule has 0 amide bonds. The number of halogens is 1. The molecule has 2 aromatic carbocycles. The molecule has 0 aliphatic rings. The summed E-state index contributed by atoms with van der Waals surface area (Å²) in [6.45, 7) is 4.63. The molecule has 1 unspecified atom stereocenters. The topological polar surface area (TPSA) is 32.3 Å². The predicted octanol–water partition coefficient (Wildman–Crippen LogP) is 3.69. The summed E-state index contributed by atoms with van der Waals surface area (Å²) in [7, 11) is 0. The third kappa shape index (κ3) is 3.80. The van der Waals surface area contributed by atoms with E-state index in [2.05, 4.69) is 43.4 Å². The van der Waals surface area contributed by atoms with Crippen molar-refractivity contribution in [2.75, 3.05) is 0 Å². The number of aromatic hydroxyl groups is 1. The first-order chi connectivity index (χ1) is 9.04. The molecule has 100 valence electrons. The van der Waals surface area contributed by atoms with Gasteiger partial charge in [0.1, 0.15) is 11.6 Å². The van der Waals surface area contributed by atoms with Crippen molar-refractivity contribution in [3.63, 3.8) is 0 Å². The van der Waals surface area contributed by atoms with Gasteiger partial charge < -0.3 is 10.4 Å². The van der Waals surface area contributed by atoms with Gasteiger partial charge in [-0.1, -0.05) is 29.8 Å². The minimum absolute atomic E-state index is 0.0419. The van der Waals surface area contributed by atoms with Crippen LogP contribution < -0.4 is 5.32 Å². The zero-order valence-corrected chi connectivity index (χ0v) is 11.2. The minimum atomic E-state index is -0.417. The average Bonchev–Trinajstić information content (AvgIpc) is 2.36. The van der Waals surface area contributed by atoms with Crippen molar-refractivity contribution < 1.29 is 9.50 Å². The Labute approximate surface area is 112 Å². The lowest BCUT2D eigenvalue weighted by Crippen LogP contribution is -2.18. The molecule has 0 aliphatic carbocycles. The molecular weight excluding hydrogens is 241 g/mol. The first kappa shape index (κ1) is 13.6. The molecule has 2 aromatic rings. The van der Waals surface area contributed by atoms with Crippen LogP contribution in [0.2, 0.25) is 0 Å². The molecule has 0 spiro atoms. The van der Waals surface area contributed by atoms with E-state index in [-0.39, 0.29) is 11.8 Å². The Morgan fingerprint density at radius 3 is 2.47 bits per heavy atom. The van der Waals surface area contributed by atoms with Crippen molar-refractivity contribution in [1.29, 1.82) is 0 Å². The molecule has 0 saturated heterocycles. The van der Waals surface area contributed by atoms with E-state index in [4.69, 9.17) is 0 Å². The van der Waals surface area contributed by atoms with Crippen LogP contribution in [-0.4, -0.2) is 5.11 Å². The van der Waals surface area contributed by atoms with Crippen molar-refractivity contribution in [3.8, 4) is 5.75 Å². The van der Waals surface area contributed by atoms with Gasteiger partial charge in [-0.05, 0) is 37.1 Å². The van der Waals surface area contributed by atoms with E-state index in [0.29, 0.717) is 6.54 Å². The maximum absolute atomic E-state index is 13.1. The molecule has 2 nitrogen and oxygen atoms in total. The monoisotopic (exact) mass is 259 g/mol. The number of phenols is 1. The van der Waals surface area contributed by atoms with E-state index < -0.39 is 5.82 Å². The van der Waals surface area contributed by atoms with Gasteiger partial charge in [-0.15, -0.1) is 0 Å². The highest BCUT2D eigenvalue weighted by Crippen LogP contribution is 2.17. The van der Waals surface area contributed by atoms with Crippen LogP contribution in [0.15, 0.2) is 42.5 Å². The average molecular weight is 259 g/mol. The summed E-state index contributed by atoms with van der Waals surface area (Å²) in [6.07, 6.45) is 0. The van der Waals surface area contributed by atoms with Gasteiger partial charge in [-0.2, -0.15) is 0 Å².